The first-order valence-electron chi connectivity index (χ1n) is 12.9. The van der Waals surface area contributed by atoms with E-state index >= 15 is 0 Å². The molecule has 5 atom stereocenters. The molecule has 196 valence electrons. The number of allylic oxidation sites excluding steroid dienone is 6. The molecule has 2 saturated carbocycles. The molecule has 0 radical (unpaired) electrons. The minimum atomic E-state index is -3.52. The van der Waals surface area contributed by atoms with Crippen LogP contribution in [0.3, 0.4) is 0 Å². The van der Waals surface area contributed by atoms with Crippen LogP contribution < -0.4 is 0 Å². The normalized spacial score (nSPS) is 33.6. The van der Waals surface area contributed by atoms with Crippen LogP contribution in [0.2, 0.25) is 0 Å². The molecule has 2 N–H and O–H groups in total. The molecule has 0 bridgehead atoms. The van der Waals surface area contributed by atoms with Gasteiger partial charge in [0.2, 0.25) is 14.9 Å². The second-order valence-electron chi connectivity index (χ2n) is 11.8. The van der Waals surface area contributed by atoms with Crippen LogP contribution in [0.4, 0.5) is 0 Å². The molecule has 0 saturated heterocycles. The molecular formula is C29H44O5S. The van der Waals surface area contributed by atoms with Gasteiger partial charge in [0.25, 0.3) is 0 Å². The van der Waals surface area contributed by atoms with Crippen LogP contribution >= 0.6 is 0 Å². The zero-order valence-electron chi connectivity index (χ0n) is 22.3. The fraction of sp³-hybridized carbons (Fsp3) is 0.655. The Hall–Kier alpha value is -1.63. The predicted octanol–water partition coefficient (Wildman–Crippen LogP) is 5.77. The summed E-state index contributed by atoms with van der Waals surface area (Å²) in [6, 6.07) is 0. The van der Waals surface area contributed by atoms with Crippen LogP contribution in [0.1, 0.15) is 79.6 Å². The lowest BCUT2D eigenvalue weighted by Gasteiger charge is -2.42. The molecule has 35 heavy (non-hydrogen) atoms. The Labute approximate surface area is 212 Å². The van der Waals surface area contributed by atoms with E-state index in [2.05, 4.69) is 38.7 Å². The fourth-order valence-corrected chi connectivity index (χ4v) is 7.22. The van der Waals surface area contributed by atoms with Gasteiger partial charge in [-0.05, 0) is 93.8 Å². The van der Waals surface area contributed by atoms with E-state index in [1.807, 2.05) is 0 Å². The van der Waals surface area contributed by atoms with Crippen LogP contribution in [0.15, 0.2) is 58.3 Å². The van der Waals surface area contributed by atoms with E-state index in [1.54, 1.807) is 26.8 Å². The van der Waals surface area contributed by atoms with E-state index < -0.39 is 26.8 Å². The minimum absolute atomic E-state index is 0.0502. The Kier molecular flexibility index (Phi) is 8.30. The maximum Gasteiger partial charge on any atom is 0.215 e. The summed E-state index contributed by atoms with van der Waals surface area (Å²) >= 11 is 0. The summed E-state index contributed by atoms with van der Waals surface area (Å²) < 4.78 is 30.1. The molecule has 0 unspecified atom stereocenters. The molecule has 6 heteroatoms. The Morgan fingerprint density at radius 3 is 2.63 bits per heavy atom. The van der Waals surface area contributed by atoms with E-state index in [4.69, 9.17) is 4.74 Å². The highest BCUT2D eigenvalue weighted by molar-refractivity contribution is 7.96. The Morgan fingerprint density at radius 1 is 1.31 bits per heavy atom. The lowest BCUT2D eigenvalue weighted by molar-refractivity contribution is 0.0862. The average Bonchev–Trinajstić information content (AvgIpc) is 3.12. The third-order valence-electron chi connectivity index (χ3n) is 8.32. The molecule has 0 aromatic heterocycles. The first kappa shape index (κ1) is 27.9. The Balaban J connectivity index is 1.79. The van der Waals surface area contributed by atoms with Gasteiger partial charge in [-0.3, -0.25) is 0 Å². The first-order chi connectivity index (χ1) is 16.2. The quantitative estimate of drug-likeness (QED) is 0.354. The summed E-state index contributed by atoms with van der Waals surface area (Å²) in [4.78, 5) is 0. The highest BCUT2D eigenvalue weighted by Crippen LogP contribution is 2.57. The van der Waals surface area contributed by atoms with Crippen molar-refractivity contribution >= 4 is 9.84 Å². The Bertz CT molecular complexity index is 1050. The number of methoxy groups -OCH3 is 1. The van der Waals surface area contributed by atoms with Gasteiger partial charge in [0.1, 0.15) is 0 Å². The maximum absolute atomic E-state index is 12.9. The molecule has 2 fully saturated rings. The predicted molar refractivity (Wildman–Crippen MR) is 142 cm³/mol. The van der Waals surface area contributed by atoms with Gasteiger partial charge in [-0.2, -0.15) is 0 Å². The van der Waals surface area contributed by atoms with Gasteiger partial charge in [0.05, 0.1) is 24.1 Å². The topological polar surface area (TPSA) is 83.8 Å². The average molecular weight is 505 g/mol. The van der Waals surface area contributed by atoms with Gasteiger partial charge in [0, 0.05) is 6.42 Å². The SMILES string of the molecule is C=C1/C(=C\C=C2/CCC[C@]3(C)C([C@H](C)C/C=C(/OC)S(=O)(=O)C(C)(C)C)=CC[C@@H]23)C[C@@H](O)C[C@@H]1O. The van der Waals surface area contributed by atoms with Gasteiger partial charge in [0.15, 0.2) is 0 Å². The van der Waals surface area contributed by atoms with Crippen molar-refractivity contribution in [3.63, 3.8) is 0 Å². The van der Waals surface area contributed by atoms with E-state index in [1.165, 1.54) is 18.3 Å². The molecule has 0 heterocycles. The highest BCUT2D eigenvalue weighted by atomic mass is 32.2. The zero-order chi connectivity index (χ0) is 26.2. The number of sulfone groups is 1. The summed E-state index contributed by atoms with van der Waals surface area (Å²) in [5.74, 6) is 0.632. The highest BCUT2D eigenvalue weighted by Gasteiger charge is 2.46. The molecule has 3 aliphatic carbocycles. The summed E-state index contributed by atoms with van der Waals surface area (Å²) in [6.45, 7) is 13.7. The van der Waals surface area contributed by atoms with E-state index in [0.29, 0.717) is 25.2 Å². The van der Waals surface area contributed by atoms with Crippen molar-refractivity contribution < 1.29 is 23.4 Å². The second kappa shape index (κ2) is 10.4. The summed E-state index contributed by atoms with van der Waals surface area (Å²) in [7, 11) is -2.10. The number of aliphatic hydroxyl groups is 2. The third kappa shape index (κ3) is 5.55. The van der Waals surface area contributed by atoms with Gasteiger partial charge >= 0.3 is 0 Å². The molecule has 0 aromatic rings. The van der Waals surface area contributed by atoms with Crippen LogP contribution in [0.5, 0.6) is 0 Å². The third-order valence-corrected chi connectivity index (χ3v) is 10.8. The second-order valence-corrected chi connectivity index (χ2v) is 14.4. The summed E-state index contributed by atoms with van der Waals surface area (Å²) in [6.07, 6.45) is 12.9. The monoisotopic (exact) mass is 504 g/mol. The van der Waals surface area contributed by atoms with Crippen molar-refractivity contribution in [3.8, 4) is 0 Å². The van der Waals surface area contributed by atoms with Crippen molar-refractivity contribution in [3.05, 3.63) is 58.3 Å². The van der Waals surface area contributed by atoms with Crippen LogP contribution in [-0.2, 0) is 14.6 Å². The van der Waals surface area contributed by atoms with Gasteiger partial charge in [-0.25, -0.2) is 8.42 Å². The Morgan fingerprint density at radius 2 is 2.00 bits per heavy atom. The standard InChI is InChI=1S/C29H44O5S/c1-19(10-15-27(34-7)35(32,33)28(3,4)5)24-13-14-25-21(9-8-16-29(24,25)6)11-12-22-17-23(30)18-26(31)20(22)2/h11-13,15,19,23,25-26,30-31H,2,8-10,14,16-18H2,1,3-7H3/b21-11+,22-12-,27-15-/t19-,23-,25+,26+,29-/m1/s1. The van der Waals surface area contributed by atoms with E-state index in [0.717, 1.165) is 36.8 Å². The van der Waals surface area contributed by atoms with Crippen molar-refractivity contribution in [2.75, 3.05) is 7.11 Å². The van der Waals surface area contributed by atoms with Crippen molar-refractivity contribution in [1.29, 1.82) is 0 Å². The number of fused-ring (bicyclic) bond motifs is 1. The lowest BCUT2D eigenvalue weighted by Crippen LogP contribution is -2.32. The molecule has 0 amide bonds. The van der Waals surface area contributed by atoms with Crippen molar-refractivity contribution in [2.45, 2.75) is 96.5 Å². The van der Waals surface area contributed by atoms with Crippen LogP contribution in [0.25, 0.3) is 0 Å². The number of rotatable bonds is 6. The molecule has 3 rings (SSSR count). The van der Waals surface area contributed by atoms with Gasteiger partial charge in [-0.15, -0.1) is 0 Å². The molecule has 3 aliphatic rings. The molecule has 5 nitrogen and oxygen atoms in total. The number of ether oxygens (including phenoxy) is 1. The largest absolute Gasteiger partial charge is 0.487 e. The molecular weight excluding hydrogens is 460 g/mol. The van der Waals surface area contributed by atoms with Gasteiger partial charge in [-0.1, -0.05) is 49.8 Å². The lowest BCUT2D eigenvalue weighted by atomic mass is 9.62. The number of aliphatic hydroxyl groups excluding tert-OH is 2. The van der Waals surface area contributed by atoms with Crippen LogP contribution in [-0.4, -0.2) is 42.7 Å². The fourth-order valence-electron chi connectivity index (χ4n) is 6.09. The minimum Gasteiger partial charge on any atom is -0.487 e. The molecule has 0 aliphatic heterocycles. The smallest absolute Gasteiger partial charge is 0.215 e. The number of hydrogen-bond donors (Lipinski definition) is 2. The molecule has 0 aromatic carbocycles. The summed E-state index contributed by atoms with van der Waals surface area (Å²) in [5.41, 5.74) is 4.53. The zero-order valence-corrected chi connectivity index (χ0v) is 23.1. The first-order valence-corrected chi connectivity index (χ1v) is 14.3. The van der Waals surface area contributed by atoms with Gasteiger partial charge < -0.3 is 14.9 Å². The van der Waals surface area contributed by atoms with Crippen LogP contribution in [0, 0.1) is 17.3 Å². The number of hydrogen-bond acceptors (Lipinski definition) is 5. The van der Waals surface area contributed by atoms with E-state index in [-0.39, 0.29) is 16.4 Å². The van der Waals surface area contributed by atoms with E-state index in [9.17, 15) is 18.6 Å². The van der Waals surface area contributed by atoms with Crippen molar-refractivity contribution in [2.24, 2.45) is 17.3 Å². The maximum atomic E-state index is 12.9. The molecule has 0 spiro atoms. The summed E-state index contributed by atoms with van der Waals surface area (Å²) in [5, 5.41) is 20.3. The van der Waals surface area contributed by atoms with Crippen molar-refractivity contribution in [1.82, 2.24) is 0 Å².